The molecule has 0 unspecified atom stereocenters. The number of likely N-dealkylation sites (tertiary alicyclic amines) is 1. The van der Waals surface area contributed by atoms with Gasteiger partial charge in [0, 0.05) is 57.6 Å². The Morgan fingerprint density at radius 3 is 2.59 bits per heavy atom. The summed E-state index contributed by atoms with van der Waals surface area (Å²) in [6, 6.07) is 0.404. The van der Waals surface area contributed by atoms with Crippen molar-refractivity contribution >= 4 is 23.2 Å². The van der Waals surface area contributed by atoms with E-state index in [-0.39, 0.29) is 5.91 Å². The number of likely N-dealkylation sites (N-methyl/N-ethyl adjacent to an activating group) is 1. The number of nitrogens with zero attached hydrogens (tertiary/aromatic N) is 4. The first kappa shape index (κ1) is 21.6. The largest absolute Gasteiger partial charge is 0.357 e. The minimum Gasteiger partial charge on any atom is -0.357 e. The van der Waals surface area contributed by atoms with Crippen LogP contribution in [0.25, 0.3) is 0 Å². The number of rotatable bonds is 7. The molecule has 1 aliphatic rings. The minimum absolute atomic E-state index is 0.171. The Bertz CT molecular complexity index is 634. The first-order valence-electron chi connectivity index (χ1n) is 9.79. The lowest BCUT2D eigenvalue weighted by atomic mass is 10.1. The third kappa shape index (κ3) is 7.10. The smallest absolute Gasteiger partial charge is 0.236 e. The number of carbonyl (C=O) groups excluding carboxylic acids is 1. The fourth-order valence-electron chi connectivity index (χ4n) is 3.16. The van der Waals surface area contributed by atoms with Crippen molar-refractivity contribution in [3.8, 4) is 0 Å². The molecule has 0 saturated carbocycles. The number of thiazole rings is 1. The molecule has 0 spiro atoms. The van der Waals surface area contributed by atoms with Crippen LogP contribution in [0.2, 0.25) is 0 Å². The normalized spacial score (nSPS) is 16.4. The monoisotopic (exact) mass is 394 g/mol. The minimum atomic E-state index is 0.171. The lowest BCUT2D eigenvalue weighted by Gasteiger charge is -2.33. The van der Waals surface area contributed by atoms with Crippen molar-refractivity contribution in [1.29, 1.82) is 0 Å². The first-order chi connectivity index (χ1) is 12.9. The van der Waals surface area contributed by atoms with Gasteiger partial charge in [0.05, 0.1) is 17.2 Å². The summed E-state index contributed by atoms with van der Waals surface area (Å²) in [5.74, 6) is 1.06. The van der Waals surface area contributed by atoms with Crippen LogP contribution in [0.1, 0.15) is 35.3 Å². The molecule has 7 nitrogen and oxygen atoms in total. The highest BCUT2D eigenvalue weighted by Crippen LogP contribution is 2.17. The third-order valence-corrected chi connectivity index (χ3v) is 5.87. The van der Waals surface area contributed by atoms with E-state index in [1.54, 1.807) is 16.2 Å². The van der Waals surface area contributed by atoms with Crippen molar-refractivity contribution in [2.24, 2.45) is 4.99 Å². The van der Waals surface area contributed by atoms with Gasteiger partial charge in [0.25, 0.3) is 0 Å². The van der Waals surface area contributed by atoms with Crippen molar-refractivity contribution in [1.82, 2.24) is 25.4 Å². The molecule has 1 amide bonds. The van der Waals surface area contributed by atoms with Crippen LogP contribution >= 0.6 is 11.3 Å². The summed E-state index contributed by atoms with van der Waals surface area (Å²) in [4.78, 5) is 26.3. The van der Waals surface area contributed by atoms with E-state index in [1.165, 1.54) is 4.88 Å². The van der Waals surface area contributed by atoms with Gasteiger partial charge in [-0.1, -0.05) is 0 Å². The van der Waals surface area contributed by atoms with Crippen LogP contribution in [0, 0.1) is 13.8 Å². The Morgan fingerprint density at radius 2 is 2.04 bits per heavy atom. The molecule has 152 valence electrons. The molecule has 0 radical (unpaired) electrons. The number of nitrogens with one attached hydrogen (secondary N) is 2. The molecule has 0 aromatic carbocycles. The summed E-state index contributed by atoms with van der Waals surface area (Å²) in [5, 5.41) is 8.03. The summed E-state index contributed by atoms with van der Waals surface area (Å²) in [5.41, 5.74) is 1.13. The van der Waals surface area contributed by atoms with Gasteiger partial charge in [0.1, 0.15) is 0 Å². The van der Waals surface area contributed by atoms with Gasteiger partial charge in [-0.3, -0.25) is 14.7 Å². The van der Waals surface area contributed by atoms with E-state index in [4.69, 9.17) is 4.99 Å². The predicted molar refractivity (Wildman–Crippen MR) is 113 cm³/mol. The summed E-state index contributed by atoms with van der Waals surface area (Å²) in [7, 11) is 3.62. The number of carbonyl (C=O) groups is 1. The molecule has 2 rings (SSSR count). The average molecular weight is 395 g/mol. The summed E-state index contributed by atoms with van der Waals surface area (Å²) < 4.78 is 0. The van der Waals surface area contributed by atoms with Crippen LogP contribution in [-0.2, 0) is 11.2 Å². The van der Waals surface area contributed by atoms with Crippen LogP contribution in [0.4, 0.5) is 0 Å². The second-order valence-electron chi connectivity index (χ2n) is 7.24. The zero-order valence-corrected chi connectivity index (χ0v) is 18.2. The molecule has 0 atom stereocenters. The van der Waals surface area contributed by atoms with Gasteiger partial charge in [0.2, 0.25) is 5.91 Å². The second-order valence-corrected chi connectivity index (χ2v) is 8.52. The maximum Gasteiger partial charge on any atom is 0.236 e. The molecule has 8 heteroatoms. The van der Waals surface area contributed by atoms with E-state index in [0.29, 0.717) is 12.6 Å². The van der Waals surface area contributed by atoms with Crippen molar-refractivity contribution in [3.05, 3.63) is 15.6 Å². The second kappa shape index (κ2) is 10.6. The first-order valence-corrected chi connectivity index (χ1v) is 10.6. The van der Waals surface area contributed by atoms with Crippen LogP contribution in [-0.4, -0.2) is 79.5 Å². The Labute approximate surface area is 167 Å². The number of guanidine groups is 1. The molecule has 1 aliphatic heterocycles. The van der Waals surface area contributed by atoms with Gasteiger partial charge < -0.3 is 15.5 Å². The van der Waals surface area contributed by atoms with E-state index in [0.717, 1.165) is 62.1 Å². The standard InChI is InChI=1S/C19H34N6OS/c1-6-20-19(21-10-7-17-14(2)22-15(3)27-17)23-16-8-11-25(12-9-16)13-18(26)24(4)5/h16H,6-13H2,1-5H3,(H2,20,21,23). The van der Waals surface area contributed by atoms with E-state index >= 15 is 0 Å². The highest BCUT2D eigenvalue weighted by atomic mass is 32.1. The van der Waals surface area contributed by atoms with Crippen LogP contribution in [0.15, 0.2) is 4.99 Å². The quantitative estimate of drug-likeness (QED) is 0.540. The highest BCUT2D eigenvalue weighted by Gasteiger charge is 2.22. The Kier molecular flexibility index (Phi) is 8.50. The molecular formula is C19H34N6OS. The van der Waals surface area contributed by atoms with E-state index in [1.807, 2.05) is 14.1 Å². The van der Waals surface area contributed by atoms with Crippen molar-refractivity contribution < 1.29 is 4.79 Å². The summed E-state index contributed by atoms with van der Waals surface area (Å²) >= 11 is 1.76. The number of aryl methyl sites for hydroxylation is 2. The average Bonchev–Trinajstić information content (AvgIpc) is 2.94. The molecule has 0 bridgehead atoms. The Hall–Kier alpha value is -1.67. The van der Waals surface area contributed by atoms with E-state index in [9.17, 15) is 4.79 Å². The van der Waals surface area contributed by atoms with Gasteiger partial charge in [0.15, 0.2) is 5.96 Å². The zero-order valence-electron chi connectivity index (χ0n) is 17.3. The van der Waals surface area contributed by atoms with Crippen molar-refractivity contribution in [2.75, 3.05) is 46.8 Å². The van der Waals surface area contributed by atoms with Crippen molar-refractivity contribution in [3.63, 3.8) is 0 Å². The number of piperidine rings is 1. The maximum absolute atomic E-state index is 11.9. The number of hydrogen-bond donors (Lipinski definition) is 2. The topological polar surface area (TPSA) is 72.9 Å². The van der Waals surface area contributed by atoms with Gasteiger partial charge >= 0.3 is 0 Å². The Morgan fingerprint density at radius 1 is 1.33 bits per heavy atom. The number of aromatic nitrogens is 1. The summed E-state index contributed by atoms with van der Waals surface area (Å²) in [6.45, 7) is 10.2. The molecule has 1 saturated heterocycles. The molecule has 2 N–H and O–H groups in total. The molecular weight excluding hydrogens is 360 g/mol. The van der Waals surface area contributed by atoms with Gasteiger partial charge in [-0.2, -0.15) is 0 Å². The number of amides is 1. The lowest BCUT2D eigenvalue weighted by molar-refractivity contribution is -0.130. The molecule has 1 fully saturated rings. The molecule has 1 aromatic heterocycles. The molecule has 1 aromatic rings. The van der Waals surface area contributed by atoms with Gasteiger partial charge in [-0.15, -0.1) is 11.3 Å². The van der Waals surface area contributed by atoms with Crippen LogP contribution in [0.3, 0.4) is 0 Å². The number of hydrogen-bond acceptors (Lipinski definition) is 5. The van der Waals surface area contributed by atoms with E-state index < -0.39 is 0 Å². The molecule has 27 heavy (non-hydrogen) atoms. The molecule has 2 heterocycles. The number of aliphatic imine (C=N–C) groups is 1. The zero-order chi connectivity index (χ0) is 19.8. The third-order valence-electron chi connectivity index (χ3n) is 4.74. The maximum atomic E-state index is 11.9. The van der Waals surface area contributed by atoms with Gasteiger partial charge in [-0.25, -0.2) is 4.98 Å². The van der Waals surface area contributed by atoms with Crippen LogP contribution in [0.5, 0.6) is 0 Å². The fraction of sp³-hybridized carbons (Fsp3) is 0.737. The van der Waals surface area contributed by atoms with Gasteiger partial charge in [-0.05, 0) is 33.6 Å². The highest BCUT2D eigenvalue weighted by molar-refractivity contribution is 7.11. The summed E-state index contributed by atoms with van der Waals surface area (Å²) in [6.07, 6.45) is 2.98. The molecule has 0 aliphatic carbocycles. The van der Waals surface area contributed by atoms with Crippen LogP contribution < -0.4 is 10.6 Å². The Balaban J connectivity index is 1.80. The predicted octanol–water partition coefficient (Wildman–Crippen LogP) is 1.41. The SMILES string of the molecule is CCNC(=NCCc1sc(C)nc1C)NC1CCN(CC(=O)N(C)C)CC1. The lowest BCUT2D eigenvalue weighted by Crippen LogP contribution is -2.50. The van der Waals surface area contributed by atoms with Crippen molar-refractivity contribution in [2.45, 2.75) is 46.1 Å². The van der Waals surface area contributed by atoms with E-state index in [2.05, 4.69) is 41.3 Å². The fourth-order valence-corrected chi connectivity index (χ4v) is 4.08.